The summed E-state index contributed by atoms with van der Waals surface area (Å²) in [6.45, 7) is 11.1. The Labute approximate surface area is 212 Å². The van der Waals surface area contributed by atoms with E-state index < -0.39 is 11.9 Å². The highest BCUT2D eigenvalue weighted by atomic mass is 16.5. The Bertz CT molecular complexity index is 1180. The fourth-order valence-electron chi connectivity index (χ4n) is 3.89. The summed E-state index contributed by atoms with van der Waals surface area (Å²) in [4.78, 5) is 25.9. The molecule has 0 aliphatic heterocycles. The first-order chi connectivity index (χ1) is 17.2. The van der Waals surface area contributed by atoms with Gasteiger partial charge < -0.3 is 19.9 Å². The number of nitrogens with zero attached hydrogens (tertiary/aromatic N) is 1. The summed E-state index contributed by atoms with van der Waals surface area (Å²) in [6, 6.07) is 19.2. The predicted molar refractivity (Wildman–Crippen MR) is 140 cm³/mol. The van der Waals surface area contributed by atoms with Gasteiger partial charge in [0.05, 0.1) is 6.61 Å². The number of carbonyl (C=O) groups excluding carboxylic acids is 2. The third kappa shape index (κ3) is 7.09. The number of carbonyl (C=O) groups is 2. The first kappa shape index (κ1) is 26.8. The molecule has 0 spiro atoms. The molecule has 36 heavy (non-hydrogen) atoms. The van der Waals surface area contributed by atoms with E-state index in [0.717, 1.165) is 23.2 Å². The molecule has 0 saturated carbocycles. The number of hydrogen-bond donors (Lipinski definition) is 2. The van der Waals surface area contributed by atoms with Crippen molar-refractivity contribution in [2.45, 2.75) is 53.8 Å². The molecular weight excluding hydrogens is 456 g/mol. The van der Waals surface area contributed by atoms with Crippen molar-refractivity contribution in [1.82, 2.24) is 4.90 Å². The van der Waals surface area contributed by atoms with Gasteiger partial charge in [0, 0.05) is 30.4 Å². The van der Waals surface area contributed by atoms with E-state index in [1.165, 1.54) is 5.56 Å². The average molecular weight is 491 g/mol. The second kappa shape index (κ2) is 12.2. The number of ether oxygens (including phenoxy) is 2. The summed E-state index contributed by atoms with van der Waals surface area (Å²) in [5, 5.41) is 13.1. The minimum atomic E-state index is -0.924. The van der Waals surface area contributed by atoms with Gasteiger partial charge in [-0.05, 0) is 81.6 Å². The minimum Gasteiger partial charge on any atom is -0.508 e. The monoisotopic (exact) mass is 490 g/mol. The van der Waals surface area contributed by atoms with Gasteiger partial charge in [0.15, 0.2) is 0 Å². The number of aromatic hydroxyl groups is 1. The molecule has 0 aliphatic rings. The average Bonchev–Trinajstić information content (AvgIpc) is 2.83. The molecule has 7 heteroatoms. The van der Waals surface area contributed by atoms with E-state index in [1.807, 2.05) is 38.1 Å². The van der Waals surface area contributed by atoms with Crippen LogP contribution in [0.25, 0.3) is 0 Å². The Hall–Kier alpha value is -3.84. The van der Waals surface area contributed by atoms with Crippen LogP contribution < -0.4 is 10.1 Å². The molecule has 190 valence electrons. The lowest BCUT2D eigenvalue weighted by Gasteiger charge is -2.27. The van der Waals surface area contributed by atoms with Crippen LogP contribution in [-0.4, -0.2) is 34.5 Å². The zero-order valence-electron chi connectivity index (χ0n) is 21.5. The number of phenols is 1. The number of nitrogens with one attached hydrogen (secondary N) is 1. The maximum absolute atomic E-state index is 12.0. The quantitative estimate of drug-likeness (QED) is 0.295. The van der Waals surface area contributed by atoms with Crippen LogP contribution in [0.5, 0.6) is 17.2 Å². The molecule has 3 rings (SSSR count). The van der Waals surface area contributed by atoms with Crippen molar-refractivity contribution < 1.29 is 24.2 Å². The maximum Gasteiger partial charge on any atom is 0.397 e. The van der Waals surface area contributed by atoms with Gasteiger partial charge in [-0.3, -0.25) is 9.69 Å². The zero-order chi connectivity index (χ0) is 26.2. The fourth-order valence-corrected chi connectivity index (χ4v) is 3.89. The van der Waals surface area contributed by atoms with Crippen LogP contribution in [-0.2, 0) is 27.4 Å². The van der Waals surface area contributed by atoms with Crippen molar-refractivity contribution in [3.63, 3.8) is 0 Å². The highest BCUT2D eigenvalue weighted by molar-refractivity contribution is 6.37. The maximum atomic E-state index is 12.0. The van der Waals surface area contributed by atoms with Crippen LogP contribution in [0.2, 0.25) is 0 Å². The standard InChI is InChI=1S/C29H34N2O5/c1-6-35-29(34)28(33)30-24-14-20(4)27(21(5)15-24)36-25-12-13-26(32)23(16-25)18-31(19(2)3)17-22-10-8-7-9-11-22/h7-16,19,32H,6,17-18H2,1-5H3,(H,30,33). The number of amides is 1. The van der Waals surface area contributed by atoms with Gasteiger partial charge in [0.1, 0.15) is 17.2 Å². The molecule has 0 bridgehead atoms. The van der Waals surface area contributed by atoms with Crippen LogP contribution in [0.4, 0.5) is 5.69 Å². The van der Waals surface area contributed by atoms with Crippen LogP contribution in [0.15, 0.2) is 60.7 Å². The number of hydrogen-bond acceptors (Lipinski definition) is 6. The van der Waals surface area contributed by atoms with Crippen molar-refractivity contribution in [1.29, 1.82) is 0 Å². The smallest absolute Gasteiger partial charge is 0.397 e. The van der Waals surface area contributed by atoms with Crippen LogP contribution in [0.1, 0.15) is 43.0 Å². The number of rotatable bonds is 9. The van der Waals surface area contributed by atoms with E-state index in [4.69, 9.17) is 9.47 Å². The summed E-state index contributed by atoms with van der Waals surface area (Å²) in [5.41, 5.74) is 4.04. The van der Waals surface area contributed by atoms with Gasteiger partial charge >= 0.3 is 11.9 Å². The molecule has 0 saturated heterocycles. The number of aryl methyl sites for hydroxylation is 2. The van der Waals surface area contributed by atoms with E-state index in [0.29, 0.717) is 23.7 Å². The molecule has 7 nitrogen and oxygen atoms in total. The third-order valence-corrected chi connectivity index (χ3v) is 5.78. The molecular formula is C29H34N2O5. The molecule has 0 aliphatic carbocycles. The van der Waals surface area contributed by atoms with Gasteiger partial charge in [-0.2, -0.15) is 0 Å². The van der Waals surface area contributed by atoms with E-state index >= 15 is 0 Å². The normalized spacial score (nSPS) is 11.0. The highest BCUT2D eigenvalue weighted by Crippen LogP contribution is 2.34. The second-order valence-electron chi connectivity index (χ2n) is 8.99. The van der Waals surface area contributed by atoms with Crippen molar-refractivity contribution in [2.24, 2.45) is 0 Å². The molecule has 0 atom stereocenters. The molecule has 3 aromatic rings. The number of benzene rings is 3. The molecule has 1 amide bonds. The summed E-state index contributed by atoms with van der Waals surface area (Å²) in [7, 11) is 0. The Morgan fingerprint density at radius 1 is 0.972 bits per heavy atom. The largest absolute Gasteiger partial charge is 0.508 e. The van der Waals surface area contributed by atoms with Crippen molar-refractivity contribution in [3.05, 3.63) is 82.9 Å². The Balaban J connectivity index is 1.77. The van der Waals surface area contributed by atoms with Crippen molar-refractivity contribution in [3.8, 4) is 17.2 Å². The van der Waals surface area contributed by atoms with Crippen molar-refractivity contribution in [2.75, 3.05) is 11.9 Å². The fraction of sp³-hybridized carbons (Fsp3) is 0.310. The van der Waals surface area contributed by atoms with E-state index in [9.17, 15) is 14.7 Å². The number of phenolic OH excluding ortho intramolecular Hbond substituents is 1. The van der Waals surface area contributed by atoms with Gasteiger partial charge in [0.2, 0.25) is 0 Å². The number of esters is 1. The minimum absolute atomic E-state index is 0.132. The van der Waals surface area contributed by atoms with E-state index in [2.05, 4.69) is 36.2 Å². The lowest BCUT2D eigenvalue weighted by molar-refractivity contribution is -0.152. The SMILES string of the molecule is CCOC(=O)C(=O)Nc1cc(C)c(Oc2ccc(O)c(CN(Cc3ccccc3)C(C)C)c2)c(C)c1. The Kier molecular flexibility index (Phi) is 9.08. The molecule has 0 aromatic heterocycles. The topological polar surface area (TPSA) is 88.1 Å². The summed E-state index contributed by atoms with van der Waals surface area (Å²) in [5.74, 6) is -0.289. The van der Waals surface area contributed by atoms with Crippen molar-refractivity contribution >= 4 is 17.6 Å². The molecule has 3 aromatic carbocycles. The van der Waals surface area contributed by atoms with E-state index in [-0.39, 0.29) is 18.4 Å². The highest BCUT2D eigenvalue weighted by Gasteiger charge is 2.18. The van der Waals surface area contributed by atoms with Gasteiger partial charge in [-0.15, -0.1) is 0 Å². The van der Waals surface area contributed by atoms with E-state index in [1.54, 1.807) is 31.2 Å². The van der Waals surface area contributed by atoms with Gasteiger partial charge in [-0.1, -0.05) is 30.3 Å². The molecule has 2 N–H and O–H groups in total. The third-order valence-electron chi connectivity index (χ3n) is 5.78. The first-order valence-corrected chi connectivity index (χ1v) is 12.0. The molecule has 0 heterocycles. The molecule has 0 radical (unpaired) electrons. The molecule has 0 fully saturated rings. The number of anilines is 1. The zero-order valence-corrected chi connectivity index (χ0v) is 21.5. The Morgan fingerprint density at radius 3 is 2.25 bits per heavy atom. The molecule has 0 unspecified atom stereocenters. The lowest BCUT2D eigenvalue weighted by atomic mass is 10.1. The Morgan fingerprint density at radius 2 is 1.64 bits per heavy atom. The summed E-state index contributed by atoms with van der Waals surface area (Å²) in [6.07, 6.45) is 0. The second-order valence-corrected chi connectivity index (χ2v) is 8.99. The van der Waals surface area contributed by atoms with Crippen LogP contribution in [0, 0.1) is 13.8 Å². The van der Waals surface area contributed by atoms with Gasteiger partial charge in [0.25, 0.3) is 0 Å². The van der Waals surface area contributed by atoms with Crippen LogP contribution >= 0.6 is 0 Å². The summed E-state index contributed by atoms with van der Waals surface area (Å²) >= 11 is 0. The first-order valence-electron chi connectivity index (χ1n) is 12.0. The lowest BCUT2D eigenvalue weighted by Crippen LogP contribution is -2.29. The van der Waals surface area contributed by atoms with Crippen LogP contribution in [0.3, 0.4) is 0 Å². The predicted octanol–water partition coefficient (Wildman–Crippen LogP) is 5.71. The summed E-state index contributed by atoms with van der Waals surface area (Å²) < 4.78 is 10.9. The van der Waals surface area contributed by atoms with Gasteiger partial charge in [-0.25, -0.2) is 4.79 Å².